The smallest absolute Gasteiger partial charge is 0.375 e. The van der Waals surface area contributed by atoms with Gasteiger partial charge in [0.05, 0.1) is 28.0 Å². The number of pyridine rings is 1. The Hall–Kier alpha value is -2.01. The molecule has 0 amide bonds. The van der Waals surface area contributed by atoms with Crippen molar-refractivity contribution in [2.45, 2.75) is 24.6 Å². The van der Waals surface area contributed by atoms with E-state index in [1.54, 1.807) is 6.20 Å². The van der Waals surface area contributed by atoms with Crippen LogP contribution >= 0.6 is 11.6 Å². The summed E-state index contributed by atoms with van der Waals surface area (Å²) < 4.78 is 40.4. The van der Waals surface area contributed by atoms with E-state index >= 15 is 0 Å². The summed E-state index contributed by atoms with van der Waals surface area (Å²) in [6.45, 7) is 0. The molecule has 0 saturated carbocycles. The van der Waals surface area contributed by atoms with E-state index in [0.29, 0.717) is 17.1 Å². The van der Waals surface area contributed by atoms with Gasteiger partial charge < -0.3 is 5.32 Å². The average Bonchev–Trinajstić information content (AvgIpc) is 3.04. The van der Waals surface area contributed by atoms with Crippen LogP contribution in [0.1, 0.15) is 35.2 Å². The summed E-state index contributed by atoms with van der Waals surface area (Å²) in [5.41, 5.74) is 0.821. The highest BCUT2D eigenvalue weighted by Gasteiger charge is 2.45. The van der Waals surface area contributed by atoms with Crippen LogP contribution in [0.2, 0.25) is 5.02 Å². The van der Waals surface area contributed by atoms with Crippen LogP contribution in [-0.2, 0) is 6.18 Å². The van der Waals surface area contributed by atoms with E-state index in [0.717, 1.165) is 11.8 Å². The number of aromatic nitrogens is 1. The van der Waals surface area contributed by atoms with E-state index in [-0.39, 0.29) is 23.4 Å². The molecule has 1 aliphatic heterocycles. The van der Waals surface area contributed by atoms with Gasteiger partial charge in [-0.3, -0.25) is 4.98 Å². The summed E-state index contributed by atoms with van der Waals surface area (Å²) in [4.78, 5) is 4.38. The van der Waals surface area contributed by atoms with E-state index in [1.165, 1.54) is 6.07 Å². The Labute approximate surface area is 142 Å². The number of halogens is 4. The van der Waals surface area contributed by atoms with E-state index in [2.05, 4.69) is 10.3 Å². The minimum Gasteiger partial charge on any atom is -0.375 e. The fourth-order valence-corrected chi connectivity index (χ4v) is 3.99. The zero-order valence-corrected chi connectivity index (χ0v) is 13.3. The van der Waals surface area contributed by atoms with Gasteiger partial charge in [0.25, 0.3) is 0 Å². The second-order valence-electron chi connectivity index (χ2n) is 6.11. The average molecular weight is 351 g/mol. The molecule has 124 valence electrons. The van der Waals surface area contributed by atoms with Crippen LogP contribution in [0.5, 0.6) is 0 Å². The number of fused-ring (bicyclic) bond motifs is 3. The highest BCUT2D eigenvalue weighted by Crippen LogP contribution is 2.54. The van der Waals surface area contributed by atoms with Crippen LogP contribution in [0.25, 0.3) is 0 Å². The highest BCUT2D eigenvalue weighted by atomic mass is 35.5. The van der Waals surface area contributed by atoms with E-state index in [1.807, 2.05) is 30.4 Å². The van der Waals surface area contributed by atoms with Gasteiger partial charge in [0, 0.05) is 12.1 Å². The summed E-state index contributed by atoms with van der Waals surface area (Å²) in [6.07, 6.45) is 1.81. The first kappa shape index (κ1) is 15.5. The van der Waals surface area contributed by atoms with Crippen LogP contribution in [-0.4, -0.2) is 4.98 Å². The standard InChI is InChI=1S/C18H14ClF3N2/c19-13-8-7-12(18(20,21)22)15-10-4-3-5-11(10)16(24-17(13)15)14-6-1-2-9-23-14/h1-4,6-11,16,24H,5H2/t10-,11+,16-/m1/s1. The van der Waals surface area contributed by atoms with Gasteiger partial charge in [0.2, 0.25) is 0 Å². The Kier molecular flexibility index (Phi) is 3.57. The van der Waals surface area contributed by atoms with Crippen molar-refractivity contribution in [3.63, 3.8) is 0 Å². The molecule has 4 rings (SSSR count). The lowest BCUT2D eigenvalue weighted by Crippen LogP contribution is -2.31. The Morgan fingerprint density at radius 3 is 2.71 bits per heavy atom. The Bertz CT molecular complexity index is 802. The second-order valence-corrected chi connectivity index (χ2v) is 6.52. The first-order valence-corrected chi connectivity index (χ1v) is 8.08. The first-order valence-electron chi connectivity index (χ1n) is 7.70. The molecule has 2 heterocycles. The van der Waals surface area contributed by atoms with Crippen LogP contribution < -0.4 is 5.32 Å². The SMILES string of the molecule is FC(F)(F)c1ccc(Cl)c2c1[C@@H]1C=CC[C@@H]1[C@H](c1ccccn1)N2. The zero-order chi connectivity index (χ0) is 16.9. The molecular formula is C18H14ClF3N2. The molecule has 1 aromatic carbocycles. The van der Waals surface area contributed by atoms with Crippen molar-refractivity contribution in [2.24, 2.45) is 5.92 Å². The first-order chi connectivity index (χ1) is 11.5. The van der Waals surface area contributed by atoms with Crippen LogP contribution in [0.15, 0.2) is 48.7 Å². The fourth-order valence-electron chi connectivity index (χ4n) is 3.77. The van der Waals surface area contributed by atoms with Gasteiger partial charge in [-0.05, 0) is 42.2 Å². The number of nitrogens with zero attached hydrogens (tertiary/aromatic N) is 1. The Balaban J connectivity index is 1.89. The maximum atomic E-state index is 13.5. The highest BCUT2D eigenvalue weighted by molar-refractivity contribution is 6.33. The third kappa shape index (κ3) is 2.38. The van der Waals surface area contributed by atoms with Crippen LogP contribution in [0.4, 0.5) is 18.9 Å². The number of benzene rings is 1. The zero-order valence-electron chi connectivity index (χ0n) is 12.5. The number of rotatable bonds is 1. The number of allylic oxidation sites excluding steroid dienone is 2. The topological polar surface area (TPSA) is 24.9 Å². The van der Waals surface area contributed by atoms with E-state index in [4.69, 9.17) is 11.6 Å². The number of alkyl halides is 3. The lowest BCUT2D eigenvalue weighted by atomic mass is 9.76. The molecule has 6 heteroatoms. The largest absolute Gasteiger partial charge is 0.416 e. The number of nitrogens with one attached hydrogen (secondary N) is 1. The molecule has 0 bridgehead atoms. The summed E-state index contributed by atoms with van der Waals surface area (Å²) in [5, 5.41) is 3.53. The summed E-state index contributed by atoms with van der Waals surface area (Å²) >= 11 is 6.23. The predicted molar refractivity (Wildman–Crippen MR) is 87.0 cm³/mol. The van der Waals surface area contributed by atoms with Crippen molar-refractivity contribution >= 4 is 17.3 Å². The quantitative estimate of drug-likeness (QED) is 0.679. The summed E-state index contributed by atoms with van der Waals surface area (Å²) in [6, 6.07) is 7.81. The molecule has 2 aromatic rings. The van der Waals surface area contributed by atoms with Gasteiger partial charge in [0.1, 0.15) is 0 Å². The second kappa shape index (κ2) is 5.52. The van der Waals surface area contributed by atoms with Gasteiger partial charge in [-0.2, -0.15) is 13.2 Å². The maximum absolute atomic E-state index is 13.5. The number of hydrogen-bond acceptors (Lipinski definition) is 2. The molecule has 2 aliphatic rings. The molecule has 24 heavy (non-hydrogen) atoms. The number of anilines is 1. The van der Waals surface area contributed by atoms with Gasteiger partial charge in [-0.1, -0.05) is 29.8 Å². The molecule has 0 spiro atoms. The minimum atomic E-state index is -4.41. The molecule has 0 fully saturated rings. The Morgan fingerprint density at radius 1 is 1.17 bits per heavy atom. The van der Waals surface area contributed by atoms with Crippen molar-refractivity contribution in [2.75, 3.05) is 5.32 Å². The molecule has 1 N–H and O–H groups in total. The molecule has 1 aliphatic carbocycles. The normalized spacial score (nSPS) is 25.1. The monoisotopic (exact) mass is 350 g/mol. The van der Waals surface area contributed by atoms with Gasteiger partial charge in [-0.25, -0.2) is 0 Å². The molecular weight excluding hydrogens is 337 g/mol. The molecule has 1 aromatic heterocycles. The van der Waals surface area contributed by atoms with E-state index in [9.17, 15) is 13.2 Å². The van der Waals surface area contributed by atoms with Crippen molar-refractivity contribution < 1.29 is 13.2 Å². The molecule has 2 nitrogen and oxygen atoms in total. The molecule has 3 atom stereocenters. The van der Waals surface area contributed by atoms with Crippen LogP contribution in [0, 0.1) is 5.92 Å². The van der Waals surface area contributed by atoms with Crippen molar-refractivity contribution in [1.82, 2.24) is 4.98 Å². The van der Waals surface area contributed by atoms with Crippen molar-refractivity contribution in [1.29, 1.82) is 0 Å². The van der Waals surface area contributed by atoms with Gasteiger partial charge >= 0.3 is 6.18 Å². The lowest BCUT2D eigenvalue weighted by Gasteiger charge is -2.38. The molecule has 0 saturated heterocycles. The number of hydrogen-bond donors (Lipinski definition) is 1. The lowest BCUT2D eigenvalue weighted by molar-refractivity contribution is -0.138. The molecule has 0 radical (unpaired) electrons. The van der Waals surface area contributed by atoms with Crippen molar-refractivity contribution in [3.8, 4) is 0 Å². The third-order valence-electron chi connectivity index (χ3n) is 4.78. The third-order valence-corrected chi connectivity index (χ3v) is 5.10. The van der Waals surface area contributed by atoms with Crippen LogP contribution in [0.3, 0.4) is 0 Å². The predicted octanol–water partition coefficient (Wildman–Crippen LogP) is 5.58. The van der Waals surface area contributed by atoms with Crippen molar-refractivity contribution in [3.05, 3.63) is 70.5 Å². The fraction of sp³-hybridized carbons (Fsp3) is 0.278. The van der Waals surface area contributed by atoms with E-state index < -0.39 is 11.7 Å². The maximum Gasteiger partial charge on any atom is 0.416 e. The molecule has 0 unspecified atom stereocenters. The van der Waals surface area contributed by atoms with Gasteiger partial charge in [-0.15, -0.1) is 0 Å². The summed E-state index contributed by atoms with van der Waals surface area (Å²) in [5.74, 6) is -0.324. The minimum absolute atomic E-state index is 0.00744. The van der Waals surface area contributed by atoms with Gasteiger partial charge in [0.15, 0.2) is 0 Å². The Morgan fingerprint density at radius 2 is 2.00 bits per heavy atom. The summed E-state index contributed by atoms with van der Waals surface area (Å²) in [7, 11) is 0.